The molecule has 5 nitrogen and oxygen atoms in total. The van der Waals surface area contributed by atoms with Gasteiger partial charge in [-0.2, -0.15) is 5.10 Å². The molecule has 0 fully saturated rings. The molecule has 0 aromatic heterocycles. The van der Waals surface area contributed by atoms with Crippen LogP contribution in [0.2, 0.25) is 0 Å². The van der Waals surface area contributed by atoms with Crippen LogP contribution in [0, 0.1) is 6.92 Å². The molecule has 15 heavy (non-hydrogen) atoms. The van der Waals surface area contributed by atoms with Gasteiger partial charge in [-0.3, -0.25) is 0 Å². The summed E-state index contributed by atoms with van der Waals surface area (Å²) in [6.45, 7) is 2.35. The van der Waals surface area contributed by atoms with Crippen LogP contribution >= 0.6 is 0 Å². The first-order valence-electron chi connectivity index (χ1n) is 4.48. The van der Waals surface area contributed by atoms with Crippen molar-refractivity contribution in [3.63, 3.8) is 0 Å². The van der Waals surface area contributed by atoms with E-state index in [-0.39, 0.29) is 5.96 Å². The lowest BCUT2D eigenvalue weighted by molar-refractivity contribution is 0.380. The zero-order valence-electron chi connectivity index (χ0n) is 8.55. The van der Waals surface area contributed by atoms with Gasteiger partial charge in [-0.05, 0) is 19.1 Å². The highest BCUT2D eigenvalue weighted by Crippen LogP contribution is 2.10. The highest BCUT2D eigenvalue weighted by Gasteiger charge is 1.90. The van der Waals surface area contributed by atoms with Crippen LogP contribution < -0.4 is 16.2 Å². The molecule has 4 N–H and O–H groups in total. The molecule has 1 aromatic carbocycles. The largest absolute Gasteiger partial charge is 0.488 e. The van der Waals surface area contributed by atoms with Crippen molar-refractivity contribution in [3.8, 4) is 5.75 Å². The lowest BCUT2D eigenvalue weighted by atomic mass is 10.2. The lowest BCUT2D eigenvalue weighted by Gasteiger charge is -2.01. The summed E-state index contributed by atoms with van der Waals surface area (Å²) in [4.78, 5) is 0. The Labute approximate surface area is 88.4 Å². The maximum atomic E-state index is 5.34. The number of nitrogens with two attached hydrogens (primary N) is 2. The van der Waals surface area contributed by atoms with E-state index < -0.39 is 0 Å². The number of aryl methyl sites for hydroxylation is 1. The zero-order valence-corrected chi connectivity index (χ0v) is 8.55. The van der Waals surface area contributed by atoms with Gasteiger partial charge >= 0.3 is 0 Å². The van der Waals surface area contributed by atoms with Crippen LogP contribution in [0.5, 0.6) is 5.75 Å². The number of nitrogens with zero attached hydrogens (tertiary/aromatic N) is 2. The molecular weight excluding hydrogens is 192 g/mol. The number of guanidine groups is 1. The van der Waals surface area contributed by atoms with Crippen LogP contribution in [0.15, 0.2) is 34.5 Å². The summed E-state index contributed by atoms with van der Waals surface area (Å²) in [5, 5.41) is 7.02. The molecule has 0 atom stereocenters. The second-order valence-electron chi connectivity index (χ2n) is 2.95. The summed E-state index contributed by atoms with van der Waals surface area (Å²) in [5.74, 6) is 0.721. The Morgan fingerprint density at radius 2 is 2.00 bits per heavy atom. The third-order valence-corrected chi connectivity index (χ3v) is 1.60. The maximum absolute atomic E-state index is 5.34. The number of ether oxygens (including phenoxy) is 1. The minimum absolute atomic E-state index is 0.0680. The predicted molar refractivity (Wildman–Crippen MR) is 61.0 cm³/mol. The van der Waals surface area contributed by atoms with Crippen LogP contribution in [0.1, 0.15) is 5.56 Å². The van der Waals surface area contributed by atoms with Gasteiger partial charge in [-0.1, -0.05) is 17.7 Å². The molecule has 0 aliphatic carbocycles. The monoisotopic (exact) mass is 206 g/mol. The molecule has 0 saturated heterocycles. The van der Waals surface area contributed by atoms with Gasteiger partial charge in [0.2, 0.25) is 5.96 Å². The van der Waals surface area contributed by atoms with Crippen molar-refractivity contribution in [2.75, 3.05) is 6.61 Å². The van der Waals surface area contributed by atoms with E-state index in [0.717, 1.165) is 5.75 Å². The fourth-order valence-electron chi connectivity index (χ4n) is 0.909. The van der Waals surface area contributed by atoms with Gasteiger partial charge in [-0.25, -0.2) is 0 Å². The average molecular weight is 206 g/mol. The highest BCUT2D eigenvalue weighted by atomic mass is 16.5. The molecule has 0 amide bonds. The molecule has 5 heteroatoms. The molecule has 1 rings (SSSR count). The van der Waals surface area contributed by atoms with Crippen LogP contribution in [0.3, 0.4) is 0 Å². The van der Waals surface area contributed by atoms with Gasteiger partial charge in [0.15, 0.2) is 0 Å². The van der Waals surface area contributed by atoms with E-state index >= 15 is 0 Å². The molecule has 0 aliphatic heterocycles. The molecular formula is C10H14N4O. The molecule has 0 unspecified atom stereocenters. The Morgan fingerprint density at radius 3 is 2.60 bits per heavy atom. The lowest BCUT2D eigenvalue weighted by Crippen LogP contribution is -2.21. The van der Waals surface area contributed by atoms with Crippen molar-refractivity contribution in [1.82, 2.24) is 0 Å². The first-order valence-corrected chi connectivity index (χ1v) is 4.48. The molecule has 0 aliphatic rings. The Bertz CT molecular complexity index is 352. The highest BCUT2D eigenvalue weighted by molar-refractivity contribution is 5.76. The number of hydrogen-bond acceptors (Lipinski definition) is 3. The van der Waals surface area contributed by atoms with Gasteiger partial charge < -0.3 is 16.2 Å². The summed E-state index contributed by atoms with van der Waals surface area (Å²) in [5.41, 5.74) is 11.3. The maximum Gasteiger partial charge on any atom is 0.211 e. The van der Waals surface area contributed by atoms with Crippen LogP contribution in [-0.2, 0) is 0 Å². The fourth-order valence-corrected chi connectivity index (χ4v) is 0.909. The average Bonchev–Trinajstić information content (AvgIpc) is 2.20. The molecule has 0 bridgehead atoms. The minimum Gasteiger partial charge on any atom is -0.488 e. The molecule has 80 valence electrons. The van der Waals surface area contributed by atoms with Crippen molar-refractivity contribution in [3.05, 3.63) is 29.8 Å². The number of benzene rings is 1. The van der Waals surface area contributed by atoms with E-state index in [1.165, 1.54) is 11.8 Å². The van der Waals surface area contributed by atoms with Crippen LogP contribution in [0.4, 0.5) is 0 Å². The molecule has 0 heterocycles. The van der Waals surface area contributed by atoms with Crippen molar-refractivity contribution >= 4 is 12.2 Å². The van der Waals surface area contributed by atoms with Gasteiger partial charge in [-0.15, -0.1) is 5.10 Å². The quantitative estimate of drug-likeness (QED) is 0.430. The minimum atomic E-state index is -0.0680. The zero-order chi connectivity index (χ0) is 11.1. The predicted octanol–water partition coefficient (Wildman–Crippen LogP) is 0.633. The SMILES string of the molecule is Cc1ccc(OCC=NN=C(N)N)cc1. The topological polar surface area (TPSA) is 86.0 Å². The van der Waals surface area contributed by atoms with Crippen LogP contribution in [-0.4, -0.2) is 18.8 Å². The van der Waals surface area contributed by atoms with Crippen molar-refractivity contribution in [2.45, 2.75) is 6.92 Å². The van der Waals surface area contributed by atoms with E-state index in [1.54, 1.807) is 0 Å². The van der Waals surface area contributed by atoms with E-state index in [2.05, 4.69) is 10.2 Å². The van der Waals surface area contributed by atoms with E-state index in [9.17, 15) is 0 Å². The van der Waals surface area contributed by atoms with Crippen molar-refractivity contribution in [1.29, 1.82) is 0 Å². The Morgan fingerprint density at radius 1 is 1.33 bits per heavy atom. The summed E-state index contributed by atoms with van der Waals surface area (Å²) in [7, 11) is 0. The second kappa shape index (κ2) is 5.64. The molecule has 1 aromatic rings. The third-order valence-electron chi connectivity index (χ3n) is 1.60. The summed E-state index contributed by atoms with van der Waals surface area (Å²) in [6.07, 6.45) is 1.49. The summed E-state index contributed by atoms with van der Waals surface area (Å²) < 4.78 is 5.34. The van der Waals surface area contributed by atoms with E-state index in [4.69, 9.17) is 16.2 Å². The summed E-state index contributed by atoms with van der Waals surface area (Å²) in [6, 6.07) is 7.73. The van der Waals surface area contributed by atoms with E-state index in [1.807, 2.05) is 31.2 Å². The van der Waals surface area contributed by atoms with Crippen LogP contribution in [0.25, 0.3) is 0 Å². The molecule has 0 spiro atoms. The number of rotatable bonds is 4. The normalized spacial score (nSPS) is 10.2. The fraction of sp³-hybridized carbons (Fsp3) is 0.200. The first kappa shape index (κ1) is 11.0. The molecule has 0 radical (unpaired) electrons. The van der Waals surface area contributed by atoms with Gasteiger partial charge in [0.25, 0.3) is 0 Å². The van der Waals surface area contributed by atoms with Gasteiger partial charge in [0.1, 0.15) is 12.4 Å². The standard InChI is InChI=1S/C10H14N4O/c1-8-2-4-9(5-3-8)15-7-6-13-14-10(11)12/h2-6H,7H2,1H3,(H4,11,12,14). The van der Waals surface area contributed by atoms with Crippen molar-refractivity contribution in [2.24, 2.45) is 21.7 Å². The van der Waals surface area contributed by atoms with Gasteiger partial charge in [0, 0.05) is 0 Å². The smallest absolute Gasteiger partial charge is 0.211 e. The third kappa shape index (κ3) is 4.66. The Balaban J connectivity index is 2.35. The summed E-state index contributed by atoms with van der Waals surface area (Å²) >= 11 is 0. The number of hydrogen-bond donors (Lipinski definition) is 2. The molecule has 0 saturated carbocycles. The van der Waals surface area contributed by atoms with Gasteiger partial charge in [0.05, 0.1) is 6.21 Å². The second-order valence-corrected chi connectivity index (χ2v) is 2.95. The van der Waals surface area contributed by atoms with Crippen molar-refractivity contribution < 1.29 is 4.74 Å². The Hall–Kier alpha value is -2.04. The first-order chi connectivity index (χ1) is 7.18. The Kier molecular flexibility index (Phi) is 4.15. The van der Waals surface area contributed by atoms with E-state index in [0.29, 0.717) is 6.61 Å².